The van der Waals surface area contributed by atoms with Gasteiger partial charge in [-0.1, -0.05) is 51.1 Å². The van der Waals surface area contributed by atoms with Crippen LogP contribution in [0.3, 0.4) is 0 Å². The Bertz CT molecular complexity index is 671. The molecule has 0 radical (unpaired) electrons. The molecular weight excluding hydrogens is 374 g/mol. The number of likely N-dealkylation sites (tertiary alicyclic amines) is 1. The molecule has 0 saturated carbocycles. The molecular formula is C21H33NO5Si. The number of methoxy groups -OCH3 is 1. The second kappa shape index (κ2) is 9.20. The third kappa shape index (κ3) is 5.89. The number of benzene rings is 1. The summed E-state index contributed by atoms with van der Waals surface area (Å²) in [6.45, 7) is 11.7. The molecule has 0 bridgehead atoms. The Morgan fingerprint density at radius 3 is 2.39 bits per heavy atom. The zero-order valence-corrected chi connectivity index (χ0v) is 18.9. The second-order valence-corrected chi connectivity index (χ2v) is 13.6. The maximum atomic E-state index is 12.3. The zero-order valence-electron chi connectivity index (χ0n) is 17.9. The van der Waals surface area contributed by atoms with Crippen molar-refractivity contribution in [2.45, 2.75) is 64.1 Å². The first-order valence-electron chi connectivity index (χ1n) is 9.73. The molecule has 6 nitrogen and oxygen atoms in total. The number of ether oxygens (including phenoxy) is 2. The molecule has 0 aliphatic carbocycles. The van der Waals surface area contributed by atoms with E-state index in [2.05, 4.69) is 33.9 Å². The smallest absolute Gasteiger partial charge is 0.323 e. The number of hydrogen-bond donors (Lipinski definition) is 0. The maximum absolute atomic E-state index is 12.3. The van der Waals surface area contributed by atoms with Gasteiger partial charge in [-0.25, -0.2) is 0 Å². The Kier molecular flexibility index (Phi) is 7.42. The summed E-state index contributed by atoms with van der Waals surface area (Å²) in [6, 6.07) is 9.05. The molecule has 1 heterocycles. The molecule has 0 N–H and O–H groups in total. The SMILES string of the molecule is COC(=O)[C@H]1CC(O[Si](C)(C)C(C)(C)C)CN1CC(=O)OCc1ccccc1. The number of carbonyl (C=O) groups excluding carboxylic acids is 2. The minimum atomic E-state index is -1.97. The second-order valence-electron chi connectivity index (χ2n) is 8.85. The summed E-state index contributed by atoms with van der Waals surface area (Å²) in [4.78, 5) is 26.4. The van der Waals surface area contributed by atoms with Crippen molar-refractivity contribution in [1.29, 1.82) is 0 Å². The van der Waals surface area contributed by atoms with Gasteiger partial charge in [-0.2, -0.15) is 0 Å². The van der Waals surface area contributed by atoms with Gasteiger partial charge in [0, 0.05) is 6.54 Å². The summed E-state index contributed by atoms with van der Waals surface area (Å²) in [7, 11) is -0.597. The minimum absolute atomic E-state index is 0.0456. The van der Waals surface area contributed by atoms with E-state index in [4.69, 9.17) is 13.9 Å². The molecule has 0 aromatic heterocycles. The van der Waals surface area contributed by atoms with Crippen LogP contribution in [-0.4, -0.2) is 57.5 Å². The predicted octanol–water partition coefficient (Wildman–Crippen LogP) is 3.37. The molecule has 0 amide bonds. The normalized spacial score (nSPS) is 20.8. The van der Waals surface area contributed by atoms with Gasteiger partial charge in [-0.05, 0) is 30.1 Å². The fraction of sp³-hybridized carbons (Fsp3) is 0.619. The zero-order chi connectivity index (χ0) is 20.9. The van der Waals surface area contributed by atoms with Crippen molar-refractivity contribution in [3.05, 3.63) is 35.9 Å². The highest BCUT2D eigenvalue weighted by Crippen LogP contribution is 2.39. The van der Waals surface area contributed by atoms with Gasteiger partial charge in [0.2, 0.25) is 0 Å². The average Bonchev–Trinajstić information content (AvgIpc) is 3.00. The monoisotopic (exact) mass is 407 g/mol. The average molecular weight is 408 g/mol. The van der Waals surface area contributed by atoms with E-state index in [0.717, 1.165) is 5.56 Å². The molecule has 1 aromatic rings. The van der Waals surface area contributed by atoms with Crippen molar-refractivity contribution in [1.82, 2.24) is 4.90 Å². The molecule has 1 aliphatic rings. The molecule has 1 aliphatic heterocycles. The number of esters is 2. The van der Waals surface area contributed by atoms with Crippen molar-refractivity contribution in [3.63, 3.8) is 0 Å². The van der Waals surface area contributed by atoms with Crippen LogP contribution in [0.2, 0.25) is 18.1 Å². The Morgan fingerprint density at radius 1 is 1.18 bits per heavy atom. The van der Waals surface area contributed by atoms with E-state index in [0.29, 0.717) is 13.0 Å². The van der Waals surface area contributed by atoms with E-state index in [1.807, 2.05) is 35.2 Å². The highest BCUT2D eigenvalue weighted by Gasteiger charge is 2.45. The van der Waals surface area contributed by atoms with Crippen molar-refractivity contribution in [3.8, 4) is 0 Å². The topological polar surface area (TPSA) is 65.1 Å². The number of carbonyl (C=O) groups is 2. The number of nitrogens with zero attached hydrogens (tertiary/aromatic N) is 1. The molecule has 1 unspecified atom stereocenters. The van der Waals surface area contributed by atoms with E-state index < -0.39 is 14.4 Å². The molecule has 28 heavy (non-hydrogen) atoms. The summed E-state index contributed by atoms with van der Waals surface area (Å²) in [5.41, 5.74) is 0.931. The predicted molar refractivity (Wildman–Crippen MR) is 110 cm³/mol. The fourth-order valence-electron chi connectivity index (χ4n) is 3.05. The Morgan fingerprint density at radius 2 is 1.82 bits per heavy atom. The van der Waals surface area contributed by atoms with E-state index >= 15 is 0 Å². The van der Waals surface area contributed by atoms with Gasteiger partial charge in [-0.15, -0.1) is 0 Å². The quantitative estimate of drug-likeness (QED) is 0.510. The minimum Gasteiger partial charge on any atom is -0.468 e. The van der Waals surface area contributed by atoms with Crippen molar-refractivity contribution in [2.75, 3.05) is 20.2 Å². The lowest BCUT2D eigenvalue weighted by Crippen LogP contribution is -2.44. The third-order valence-corrected chi connectivity index (χ3v) is 10.2. The largest absolute Gasteiger partial charge is 0.468 e. The highest BCUT2D eigenvalue weighted by molar-refractivity contribution is 6.74. The van der Waals surface area contributed by atoms with Gasteiger partial charge in [0.15, 0.2) is 8.32 Å². The van der Waals surface area contributed by atoms with Gasteiger partial charge in [-0.3, -0.25) is 14.5 Å². The van der Waals surface area contributed by atoms with Gasteiger partial charge in [0.1, 0.15) is 12.6 Å². The maximum Gasteiger partial charge on any atom is 0.323 e. The lowest BCUT2D eigenvalue weighted by molar-refractivity contribution is -0.150. The van der Waals surface area contributed by atoms with Gasteiger partial charge in [0.25, 0.3) is 0 Å². The first-order chi connectivity index (χ1) is 13.0. The van der Waals surface area contributed by atoms with Crippen LogP contribution in [0.5, 0.6) is 0 Å². The van der Waals surface area contributed by atoms with Crippen LogP contribution in [-0.2, 0) is 30.1 Å². The van der Waals surface area contributed by atoms with Gasteiger partial charge >= 0.3 is 11.9 Å². The van der Waals surface area contributed by atoms with E-state index in [1.165, 1.54) is 7.11 Å². The molecule has 1 aromatic carbocycles. The van der Waals surface area contributed by atoms with Crippen LogP contribution >= 0.6 is 0 Å². The standard InChI is InChI=1S/C21H33NO5Si/c1-21(2,3)28(5,6)27-17-12-18(20(24)25-4)22(13-17)14-19(23)26-15-16-10-8-7-9-11-16/h7-11,17-18H,12-15H2,1-6H3/t17?,18-/m1/s1. The Labute approximate surface area is 169 Å². The number of rotatable bonds is 7. The fourth-order valence-corrected chi connectivity index (χ4v) is 4.40. The Hall–Kier alpha value is -1.70. The first kappa shape index (κ1) is 22.6. The lowest BCUT2D eigenvalue weighted by atomic mass is 10.2. The van der Waals surface area contributed by atoms with Crippen LogP contribution in [0, 0.1) is 0 Å². The molecule has 2 atom stereocenters. The molecule has 0 spiro atoms. The van der Waals surface area contributed by atoms with Crippen molar-refractivity contribution < 1.29 is 23.5 Å². The summed E-state index contributed by atoms with van der Waals surface area (Å²) < 4.78 is 16.8. The van der Waals surface area contributed by atoms with Crippen LogP contribution < -0.4 is 0 Å². The van der Waals surface area contributed by atoms with E-state index in [-0.39, 0.29) is 36.2 Å². The van der Waals surface area contributed by atoms with Crippen LogP contribution in [0.25, 0.3) is 0 Å². The van der Waals surface area contributed by atoms with Crippen molar-refractivity contribution in [2.24, 2.45) is 0 Å². The summed E-state index contributed by atoms with van der Waals surface area (Å²) >= 11 is 0. The molecule has 7 heteroatoms. The van der Waals surface area contributed by atoms with Crippen LogP contribution in [0.1, 0.15) is 32.8 Å². The van der Waals surface area contributed by atoms with Gasteiger partial charge in [0.05, 0.1) is 19.8 Å². The lowest BCUT2D eigenvalue weighted by Gasteiger charge is -2.38. The summed E-state index contributed by atoms with van der Waals surface area (Å²) in [6.07, 6.45) is 0.442. The van der Waals surface area contributed by atoms with Gasteiger partial charge < -0.3 is 13.9 Å². The molecule has 156 valence electrons. The van der Waals surface area contributed by atoms with E-state index in [1.54, 1.807) is 0 Å². The molecule has 1 fully saturated rings. The first-order valence-corrected chi connectivity index (χ1v) is 12.6. The molecule has 2 rings (SSSR count). The molecule has 1 saturated heterocycles. The summed E-state index contributed by atoms with van der Waals surface area (Å²) in [5, 5.41) is 0.0792. The highest BCUT2D eigenvalue weighted by atomic mass is 28.4. The Balaban J connectivity index is 1.98. The third-order valence-electron chi connectivity index (χ3n) is 5.68. The van der Waals surface area contributed by atoms with Crippen LogP contribution in [0.15, 0.2) is 30.3 Å². The van der Waals surface area contributed by atoms with Crippen molar-refractivity contribution >= 4 is 20.3 Å². The van der Waals surface area contributed by atoms with E-state index in [9.17, 15) is 9.59 Å². The number of hydrogen-bond acceptors (Lipinski definition) is 6. The summed E-state index contributed by atoms with van der Waals surface area (Å²) in [5.74, 6) is -0.692. The van der Waals surface area contributed by atoms with Crippen LogP contribution in [0.4, 0.5) is 0 Å².